The van der Waals surface area contributed by atoms with Crippen LogP contribution in [0.1, 0.15) is 42.1 Å². The number of hydrogen-bond acceptors (Lipinski definition) is 2. The molecule has 0 aliphatic carbocycles. The maximum Gasteiger partial charge on any atom is 0.239 e. The molecule has 0 saturated heterocycles. The van der Waals surface area contributed by atoms with E-state index in [1.807, 2.05) is 30.3 Å². The van der Waals surface area contributed by atoms with Crippen molar-refractivity contribution in [1.29, 1.82) is 0 Å². The van der Waals surface area contributed by atoms with E-state index in [1.54, 1.807) is 0 Å². The first-order valence-corrected chi connectivity index (χ1v) is 7.28. The molecule has 0 aromatic heterocycles. The fourth-order valence-electron chi connectivity index (χ4n) is 2.44. The molecule has 0 saturated carbocycles. The lowest BCUT2D eigenvalue weighted by Gasteiger charge is -2.24. The molecule has 2 rings (SSSR count). The van der Waals surface area contributed by atoms with Gasteiger partial charge in [-0.2, -0.15) is 0 Å². The molecule has 0 unspecified atom stereocenters. The average Bonchev–Trinajstić information content (AvgIpc) is 2.50. The Morgan fingerprint density at radius 3 is 2.19 bits per heavy atom. The Labute approximate surface area is 126 Å². The lowest BCUT2D eigenvalue weighted by molar-refractivity contribution is -0.120. The van der Waals surface area contributed by atoms with Crippen molar-refractivity contribution in [3.63, 3.8) is 0 Å². The van der Waals surface area contributed by atoms with Crippen LogP contribution in [0, 0.1) is 6.92 Å². The lowest BCUT2D eigenvalue weighted by Crippen LogP contribution is -2.35. The molecule has 3 nitrogen and oxygen atoms in total. The van der Waals surface area contributed by atoms with E-state index in [0.29, 0.717) is 0 Å². The Bertz CT molecular complexity index is 578. The molecule has 110 valence electrons. The maximum atomic E-state index is 11.8. The van der Waals surface area contributed by atoms with Crippen molar-refractivity contribution >= 4 is 5.91 Å². The summed E-state index contributed by atoms with van der Waals surface area (Å²) in [6, 6.07) is 17.6. The van der Waals surface area contributed by atoms with E-state index in [4.69, 9.17) is 5.73 Å². The number of carbonyl (C=O) groups is 1. The van der Waals surface area contributed by atoms with E-state index in [2.05, 4.69) is 43.4 Å². The van der Waals surface area contributed by atoms with Crippen LogP contribution in [0.3, 0.4) is 0 Å². The van der Waals surface area contributed by atoms with Crippen LogP contribution < -0.4 is 11.1 Å². The Balaban J connectivity index is 2.22. The summed E-state index contributed by atoms with van der Waals surface area (Å²) in [6.07, 6.45) is 0.889. The van der Waals surface area contributed by atoms with Gasteiger partial charge < -0.3 is 5.73 Å². The molecule has 0 radical (unpaired) electrons. The van der Waals surface area contributed by atoms with Crippen molar-refractivity contribution in [2.75, 3.05) is 0 Å². The molecule has 3 heteroatoms. The average molecular weight is 282 g/mol. The smallest absolute Gasteiger partial charge is 0.239 e. The Morgan fingerprint density at radius 1 is 1.05 bits per heavy atom. The third kappa shape index (κ3) is 3.92. The van der Waals surface area contributed by atoms with Crippen molar-refractivity contribution in [3.8, 4) is 0 Å². The summed E-state index contributed by atoms with van der Waals surface area (Å²) in [5.41, 5.74) is 8.87. The summed E-state index contributed by atoms with van der Waals surface area (Å²) >= 11 is 0. The number of amides is 1. The Morgan fingerprint density at radius 2 is 1.67 bits per heavy atom. The highest BCUT2D eigenvalue weighted by Crippen LogP contribution is 2.22. The summed E-state index contributed by atoms with van der Waals surface area (Å²) < 4.78 is 0. The van der Waals surface area contributed by atoms with Crippen molar-refractivity contribution in [1.82, 2.24) is 5.32 Å². The standard InChI is InChI=1S/C18H22N2O/c1-3-16(14-11-9-13(2)10-12-14)20-17(18(19)21)15-7-5-4-6-8-15/h4-12,16-17,20H,3H2,1-2H3,(H2,19,21)/t16-,17-/m0/s1. The number of primary amides is 1. The number of rotatable bonds is 6. The molecule has 2 atom stereocenters. The second-order valence-corrected chi connectivity index (χ2v) is 5.28. The van der Waals surface area contributed by atoms with Crippen LogP contribution >= 0.6 is 0 Å². The fourth-order valence-corrected chi connectivity index (χ4v) is 2.44. The molecule has 1 amide bonds. The van der Waals surface area contributed by atoms with Crippen LogP contribution in [0.2, 0.25) is 0 Å². The van der Waals surface area contributed by atoms with Crippen molar-refractivity contribution in [2.45, 2.75) is 32.4 Å². The van der Waals surface area contributed by atoms with E-state index in [0.717, 1.165) is 12.0 Å². The highest BCUT2D eigenvalue weighted by Gasteiger charge is 2.21. The normalized spacial score (nSPS) is 13.6. The highest BCUT2D eigenvalue weighted by molar-refractivity contribution is 5.81. The number of nitrogens with one attached hydrogen (secondary N) is 1. The van der Waals surface area contributed by atoms with Crippen LogP contribution in [-0.2, 0) is 4.79 Å². The van der Waals surface area contributed by atoms with Crippen LogP contribution in [0.25, 0.3) is 0 Å². The van der Waals surface area contributed by atoms with Gasteiger partial charge in [0.15, 0.2) is 0 Å². The molecule has 0 aliphatic heterocycles. The molecule has 0 bridgehead atoms. The van der Waals surface area contributed by atoms with Crippen LogP contribution in [0.15, 0.2) is 54.6 Å². The molecular weight excluding hydrogens is 260 g/mol. The Kier molecular flexibility index (Phi) is 5.12. The Hall–Kier alpha value is -2.13. The van der Waals surface area contributed by atoms with Gasteiger partial charge in [-0.15, -0.1) is 0 Å². The zero-order valence-electron chi connectivity index (χ0n) is 12.5. The monoisotopic (exact) mass is 282 g/mol. The summed E-state index contributed by atoms with van der Waals surface area (Å²) in [5, 5.41) is 3.38. The van der Waals surface area contributed by atoms with Gasteiger partial charge in [0.2, 0.25) is 5.91 Å². The van der Waals surface area contributed by atoms with Crippen molar-refractivity contribution in [2.24, 2.45) is 5.73 Å². The maximum absolute atomic E-state index is 11.8. The molecule has 0 spiro atoms. The highest BCUT2D eigenvalue weighted by atomic mass is 16.1. The molecule has 3 N–H and O–H groups in total. The van der Waals surface area contributed by atoms with Crippen LogP contribution in [-0.4, -0.2) is 5.91 Å². The van der Waals surface area contributed by atoms with Gasteiger partial charge in [-0.3, -0.25) is 10.1 Å². The molecule has 2 aromatic rings. The lowest BCUT2D eigenvalue weighted by atomic mass is 9.99. The van der Waals surface area contributed by atoms with Gasteiger partial charge in [-0.05, 0) is 24.5 Å². The fraction of sp³-hybridized carbons (Fsp3) is 0.278. The minimum Gasteiger partial charge on any atom is -0.368 e. The molecule has 0 fully saturated rings. The van der Waals surface area contributed by atoms with E-state index in [-0.39, 0.29) is 11.9 Å². The summed E-state index contributed by atoms with van der Waals surface area (Å²) in [5.74, 6) is -0.355. The van der Waals surface area contributed by atoms with E-state index < -0.39 is 6.04 Å². The number of aryl methyl sites for hydroxylation is 1. The summed E-state index contributed by atoms with van der Waals surface area (Å²) in [4.78, 5) is 11.8. The summed E-state index contributed by atoms with van der Waals surface area (Å²) in [7, 11) is 0. The van der Waals surface area contributed by atoms with Gasteiger partial charge in [0.05, 0.1) is 0 Å². The molecule has 2 aromatic carbocycles. The SMILES string of the molecule is CC[C@H](N[C@H](C(N)=O)c1ccccc1)c1ccc(C)cc1. The molecule has 21 heavy (non-hydrogen) atoms. The topological polar surface area (TPSA) is 55.1 Å². The first-order chi connectivity index (χ1) is 10.1. The quantitative estimate of drug-likeness (QED) is 0.854. The first-order valence-electron chi connectivity index (χ1n) is 7.28. The zero-order valence-corrected chi connectivity index (χ0v) is 12.5. The predicted molar refractivity (Wildman–Crippen MR) is 85.7 cm³/mol. The number of hydrogen-bond donors (Lipinski definition) is 2. The van der Waals surface area contributed by atoms with Gasteiger partial charge in [0.1, 0.15) is 6.04 Å². The minimum absolute atomic E-state index is 0.100. The van der Waals surface area contributed by atoms with E-state index in [9.17, 15) is 4.79 Å². The van der Waals surface area contributed by atoms with Gasteiger partial charge in [-0.25, -0.2) is 0 Å². The number of nitrogens with two attached hydrogens (primary N) is 1. The second kappa shape index (κ2) is 7.04. The van der Waals surface area contributed by atoms with Crippen LogP contribution in [0.4, 0.5) is 0 Å². The van der Waals surface area contributed by atoms with Gasteiger partial charge >= 0.3 is 0 Å². The number of benzene rings is 2. The first kappa shape index (κ1) is 15.3. The number of carbonyl (C=O) groups excluding carboxylic acids is 1. The zero-order chi connectivity index (χ0) is 15.2. The predicted octanol–water partition coefficient (Wildman–Crippen LogP) is 3.26. The molecule has 0 aliphatic rings. The third-order valence-corrected chi connectivity index (χ3v) is 3.67. The largest absolute Gasteiger partial charge is 0.368 e. The molecule has 0 heterocycles. The van der Waals surface area contributed by atoms with Crippen molar-refractivity contribution in [3.05, 3.63) is 71.3 Å². The second-order valence-electron chi connectivity index (χ2n) is 5.28. The van der Waals surface area contributed by atoms with Crippen molar-refractivity contribution < 1.29 is 4.79 Å². The third-order valence-electron chi connectivity index (χ3n) is 3.67. The van der Waals surface area contributed by atoms with Gasteiger partial charge in [0.25, 0.3) is 0 Å². The van der Waals surface area contributed by atoms with Gasteiger partial charge in [-0.1, -0.05) is 67.1 Å². The van der Waals surface area contributed by atoms with Gasteiger partial charge in [0, 0.05) is 6.04 Å². The van der Waals surface area contributed by atoms with E-state index in [1.165, 1.54) is 11.1 Å². The molecular formula is C18H22N2O. The minimum atomic E-state index is -0.475. The summed E-state index contributed by atoms with van der Waals surface area (Å²) in [6.45, 7) is 4.16. The van der Waals surface area contributed by atoms with E-state index >= 15 is 0 Å². The van der Waals surface area contributed by atoms with Crippen LogP contribution in [0.5, 0.6) is 0 Å².